The molecule has 2 nitrogen and oxygen atoms in total. The summed E-state index contributed by atoms with van der Waals surface area (Å²) in [6.07, 6.45) is 2.77. The van der Waals surface area contributed by atoms with Crippen molar-refractivity contribution < 1.29 is 9.84 Å². The van der Waals surface area contributed by atoms with Crippen LogP contribution in [0.1, 0.15) is 63.2 Å². The molecule has 0 saturated carbocycles. The van der Waals surface area contributed by atoms with E-state index >= 15 is 0 Å². The molecule has 0 bridgehead atoms. The van der Waals surface area contributed by atoms with Gasteiger partial charge in [0.25, 0.3) is 0 Å². The predicted molar refractivity (Wildman–Crippen MR) is 78.2 cm³/mol. The summed E-state index contributed by atoms with van der Waals surface area (Å²) in [5, 5.41) is 10.5. The lowest BCUT2D eigenvalue weighted by Gasteiger charge is -2.34. The van der Waals surface area contributed by atoms with Gasteiger partial charge in [-0.3, -0.25) is 0 Å². The van der Waals surface area contributed by atoms with Gasteiger partial charge in [0.2, 0.25) is 0 Å². The lowest BCUT2D eigenvalue weighted by Crippen LogP contribution is -2.31. The molecule has 2 rings (SSSR count). The van der Waals surface area contributed by atoms with Crippen molar-refractivity contribution in [1.29, 1.82) is 0 Å². The maximum absolute atomic E-state index is 10.5. The monoisotopic (exact) mass is 262 g/mol. The van der Waals surface area contributed by atoms with E-state index in [4.69, 9.17) is 4.74 Å². The molecule has 1 aromatic carbocycles. The van der Waals surface area contributed by atoms with Crippen molar-refractivity contribution in [3.8, 4) is 0 Å². The van der Waals surface area contributed by atoms with Crippen molar-refractivity contribution in [3.63, 3.8) is 0 Å². The fourth-order valence-corrected chi connectivity index (χ4v) is 3.06. The Morgan fingerprint density at radius 1 is 1.32 bits per heavy atom. The summed E-state index contributed by atoms with van der Waals surface area (Å²) in [5.41, 5.74) is 2.32. The van der Waals surface area contributed by atoms with E-state index in [0.717, 1.165) is 18.6 Å². The largest absolute Gasteiger partial charge is 0.386 e. The normalized spacial score (nSPS) is 27.9. The van der Waals surface area contributed by atoms with E-state index in [1.54, 1.807) is 0 Å². The zero-order valence-electron chi connectivity index (χ0n) is 12.3. The van der Waals surface area contributed by atoms with Crippen LogP contribution in [0.2, 0.25) is 0 Å². The van der Waals surface area contributed by atoms with Gasteiger partial charge in [0.1, 0.15) is 6.10 Å². The van der Waals surface area contributed by atoms with Gasteiger partial charge in [-0.2, -0.15) is 0 Å². The van der Waals surface area contributed by atoms with Crippen LogP contribution in [0.5, 0.6) is 0 Å². The maximum atomic E-state index is 10.5. The van der Waals surface area contributed by atoms with Gasteiger partial charge in [0.15, 0.2) is 0 Å². The minimum absolute atomic E-state index is 0.0517. The molecular weight excluding hydrogens is 236 g/mol. The van der Waals surface area contributed by atoms with Gasteiger partial charge in [-0.15, -0.1) is 0 Å². The lowest BCUT2D eigenvalue weighted by molar-refractivity contribution is -0.0625. The van der Waals surface area contributed by atoms with Gasteiger partial charge in [-0.1, -0.05) is 51.5 Å². The number of aliphatic hydroxyl groups is 1. The number of rotatable bonds is 5. The third-order valence-corrected chi connectivity index (χ3v) is 4.16. The topological polar surface area (TPSA) is 29.5 Å². The van der Waals surface area contributed by atoms with Crippen LogP contribution in [0.15, 0.2) is 24.3 Å². The van der Waals surface area contributed by atoms with E-state index < -0.39 is 6.10 Å². The van der Waals surface area contributed by atoms with Gasteiger partial charge >= 0.3 is 0 Å². The Balaban J connectivity index is 2.01. The van der Waals surface area contributed by atoms with Crippen LogP contribution in [-0.2, 0) is 4.74 Å². The molecular formula is C17H26O2. The zero-order valence-corrected chi connectivity index (χ0v) is 12.3. The first-order valence-electron chi connectivity index (χ1n) is 7.52. The second-order valence-corrected chi connectivity index (χ2v) is 5.98. The first kappa shape index (κ1) is 14.5. The summed E-state index contributed by atoms with van der Waals surface area (Å²) in [5.74, 6) is 1.04. The number of hydrogen-bond acceptors (Lipinski definition) is 2. The van der Waals surface area contributed by atoms with E-state index in [0.29, 0.717) is 11.8 Å². The number of aliphatic hydroxyl groups excluding tert-OH is 1. The highest BCUT2D eigenvalue weighted by Gasteiger charge is 2.32. The van der Waals surface area contributed by atoms with E-state index in [1.807, 2.05) is 18.2 Å². The third kappa shape index (κ3) is 3.37. The molecule has 0 spiro atoms. The van der Waals surface area contributed by atoms with E-state index in [1.165, 1.54) is 18.4 Å². The highest BCUT2D eigenvalue weighted by atomic mass is 16.5. The summed E-state index contributed by atoms with van der Waals surface area (Å²) in [6.45, 7) is 7.39. The Hall–Kier alpha value is -0.860. The van der Waals surface area contributed by atoms with Crippen molar-refractivity contribution in [2.45, 2.75) is 58.2 Å². The minimum Gasteiger partial charge on any atom is -0.386 e. The average Bonchev–Trinajstić information content (AvgIpc) is 2.42. The summed E-state index contributed by atoms with van der Waals surface area (Å²) >= 11 is 0. The molecule has 4 unspecified atom stereocenters. The minimum atomic E-state index is -0.471. The van der Waals surface area contributed by atoms with Crippen LogP contribution in [0.4, 0.5) is 0 Å². The molecule has 1 aliphatic carbocycles. The van der Waals surface area contributed by atoms with Crippen LogP contribution < -0.4 is 0 Å². The SMILES string of the molecule is CCCC(C)COC1CC(C)c2ccccc2C1O. The second kappa shape index (κ2) is 6.53. The molecule has 19 heavy (non-hydrogen) atoms. The maximum Gasteiger partial charge on any atom is 0.105 e. The lowest BCUT2D eigenvalue weighted by atomic mass is 9.80. The molecule has 0 aliphatic heterocycles. The van der Waals surface area contributed by atoms with E-state index in [9.17, 15) is 5.11 Å². The summed E-state index contributed by atoms with van der Waals surface area (Å²) in [4.78, 5) is 0. The van der Waals surface area contributed by atoms with Gasteiger partial charge in [0, 0.05) is 6.61 Å². The van der Waals surface area contributed by atoms with Gasteiger partial charge < -0.3 is 9.84 Å². The fourth-order valence-electron chi connectivity index (χ4n) is 3.06. The van der Waals surface area contributed by atoms with Crippen molar-refractivity contribution in [3.05, 3.63) is 35.4 Å². The molecule has 1 aliphatic rings. The van der Waals surface area contributed by atoms with Gasteiger partial charge in [0.05, 0.1) is 6.10 Å². The standard InChI is InChI=1S/C17H26O2/c1-4-7-12(2)11-19-16-10-13(3)14-8-5-6-9-15(14)17(16)18/h5-6,8-9,12-13,16-18H,4,7,10-11H2,1-3H3. The number of benzene rings is 1. The van der Waals surface area contributed by atoms with Crippen LogP contribution >= 0.6 is 0 Å². The first-order valence-corrected chi connectivity index (χ1v) is 7.52. The molecule has 0 fully saturated rings. The summed E-state index contributed by atoms with van der Waals surface area (Å²) in [7, 11) is 0. The third-order valence-electron chi connectivity index (χ3n) is 4.16. The zero-order chi connectivity index (χ0) is 13.8. The number of ether oxygens (including phenoxy) is 1. The predicted octanol–water partition coefficient (Wildman–Crippen LogP) is 4.05. The molecule has 2 heteroatoms. The molecule has 0 amide bonds. The van der Waals surface area contributed by atoms with Crippen LogP contribution in [-0.4, -0.2) is 17.8 Å². The van der Waals surface area contributed by atoms with Crippen molar-refractivity contribution in [1.82, 2.24) is 0 Å². The van der Waals surface area contributed by atoms with Crippen LogP contribution in [0.25, 0.3) is 0 Å². The Morgan fingerprint density at radius 2 is 2.00 bits per heavy atom. The highest BCUT2D eigenvalue weighted by molar-refractivity contribution is 5.35. The number of hydrogen-bond donors (Lipinski definition) is 1. The van der Waals surface area contributed by atoms with Crippen molar-refractivity contribution in [2.24, 2.45) is 5.92 Å². The molecule has 106 valence electrons. The van der Waals surface area contributed by atoms with Crippen LogP contribution in [0.3, 0.4) is 0 Å². The highest BCUT2D eigenvalue weighted by Crippen LogP contribution is 2.38. The van der Waals surface area contributed by atoms with Gasteiger partial charge in [-0.05, 0) is 35.8 Å². The average molecular weight is 262 g/mol. The molecule has 0 heterocycles. The smallest absolute Gasteiger partial charge is 0.105 e. The quantitative estimate of drug-likeness (QED) is 0.867. The molecule has 1 aromatic rings. The van der Waals surface area contributed by atoms with Crippen LogP contribution in [0, 0.1) is 5.92 Å². The first-order chi connectivity index (χ1) is 9.13. The van der Waals surface area contributed by atoms with Crippen molar-refractivity contribution in [2.75, 3.05) is 6.61 Å². The molecule has 1 N–H and O–H groups in total. The van der Waals surface area contributed by atoms with E-state index in [-0.39, 0.29) is 6.10 Å². The van der Waals surface area contributed by atoms with Crippen molar-refractivity contribution >= 4 is 0 Å². The summed E-state index contributed by atoms with van der Waals surface area (Å²) in [6, 6.07) is 8.20. The Labute approximate surface area is 116 Å². The molecule has 0 radical (unpaired) electrons. The molecule has 0 aromatic heterocycles. The molecule has 4 atom stereocenters. The second-order valence-electron chi connectivity index (χ2n) is 5.98. The van der Waals surface area contributed by atoms with E-state index in [2.05, 4.69) is 26.8 Å². The van der Waals surface area contributed by atoms with Gasteiger partial charge in [-0.25, -0.2) is 0 Å². The molecule has 0 saturated heterocycles. The Bertz CT molecular complexity index is 402. The Morgan fingerprint density at radius 3 is 2.68 bits per heavy atom. The fraction of sp³-hybridized carbons (Fsp3) is 0.647. The number of fused-ring (bicyclic) bond motifs is 1. The Kier molecular flexibility index (Phi) is 5.00. The summed E-state index contributed by atoms with van der Waals surface area (Å²) < 4.78 is 5.99.